The second-order valence-electron chi connectivity index (χ2n) is 16.0. The summed E-state index contributed by atoms with van der Waals surface area (Å²) in [6, 6.07) is 0. The summed E-state index contributed by atoms with van der Waals surface area (Å²) >= 11 is 5.23. The number of carbonyl (C=O) groups is 2. The van der Waals surface area contributed by atoms with E-state index in [-0.39, 0.29) is 23.8 Å². The van der Waals surface area contributed by atoms with Gasteiger partial charge in [0, 0.05) is 0 Å². The van der Waals surface area contributed by atoms with Gasteiger partial charge in [0.1, 0.15) is 0 Å². The van der Waals surface area contributed by atoms with Gasteiger partial charge in [0.05, 0.1) is 0 Å². The van der Waals surface area contributed by atoms with Crippen LogP contribution >= 0.6 is 25.3 Å². The molecule has 2 fully saturated rings. The molecule has 0 radical (unpaired) electrons. The fourth-order valence-electron chi connectivity index (χ4n) is 8.54. The molecule has 2 saturated carbocycles. The Bertz CT molecular complexity index is 749. The first-order valence-corrected chi connectivity index (χ1v) is 29.3. The summed E-state index contributed by atoms with van der Waals surface area (Å²) in [5.74, 6) is 1.19. The first-order chi connectivity index (χ1) is 24.0. The molecule has 49 heavy (non-hydrogen) atoms. The van der Waals surface area contributed by atoms with Gasteiger partial charge in [-0.25, -0.2) is 0 Å². The van der Waals surface area contributed by atoms with Crippen molar-refractivity contribution in [3.8, 4) is 0 Å². The van der Waals surface area contributed by atoms with Crippen LogP contribution in [0.3, 0.4) is 0 Å². The van der Waals surface area contributed by atoms with Crippen LogP contribution in [-0.4, -0.2) is 42.6 Å². The van der Waals surface area contributed by atoms with Gasteiger partial charge in [-0.2, -0.15) is 0 Å². The number of hydrogen-bond acceptors (Lipinski definition) is 6. The summed E-state index contributed by atoms with van der Waals surface area (Å²) in [7, 11) is 0. The molecular weight excluding hydrogens is 751 g/mol. The molecular formula is C42H80O4S2Sn. The molecule has 2 rings (SSSR count). The Morgan fingerprint density at radius 2 is 0.776 bits per heavy atom. The van der Waals surface area contributed by atoms with Crippen molar-refractivity contribution in [2.24, 2.45) is 23.7 Å². The van der Waals surface area contributed by atoms with Gasteiger partial charge in [-0.3, -0.25) is 0 Å². The van der Waals surface area contributed by atoms with Crippen molar-refractivity contribution in [2.75, 3.05) is 11.5 Å². The molecule has 7 heteroatoms. The maximum atomic E-state index is 14.2. The summed E-state index contributed by atoms with van der Waals surface area (Å²) in [5, 5.41) is 0. The molecule has 2 aliphatic carbocycles. The first kappa shape index (κ1) is 45.6. The average Bonchev–Trinajstić information content (AvgIpc) is 3.11. The molecule has 0 N–H and O–H groups in total. The average molecular weight is 832 g/mol. The Kier molecular flexibility index (Phi) is 27.8. The van der Waals surface area contributed by atoms with Crippen molar-refractivity contribution >= 4 is 56.4 Å². The zero-order valence-corrected chi connectivity index (χ0v) is 37.0. The molecule has 4 nitrogen and oxygen atoms in total. The van der Waals surface area contributed by atoms with Gasteiger partial charge in [-0.15, -0.1) is 0 Å². The molecule has 0 aromatic rings. The molecule has 0 amide bonds. The van der Waals surface area contributed by atoms with Crippen molar-refractivity contribution < 1.29 is 15.7 Å². The monoisotopic (exact) mass is 832 g/mol. The van der Waals surface area contributed by atoms with E-state index in [1.165, 1.54) is 141 Å². The topological polar surface area (TPSA) is 52.6 Å². The normalized spacial score (nSPS) is 17.6. The fourth-order valence-corrected chi connectivity index (χ4v) is 18.9. The molecule has 0 bridgehead atoms. The quantitative estimate of drug-likeness (QED) is 0.0430. The van der Waals surface area contributed by atoms with E-state index in [1.54, 1.807) is 0 Å². The van der Waals surface area contributed by atoms with Crippen molar-refractivity contribution in [3.63, 3.8) is 0 Å². The number of unbranched alkanes of at least 4 members (excludes halogenated alkanes) is 18. The Hall–Kier alpha value is 0.439. The minimum absolute atomic E-state index is 0.0928. The SMILES string of the molecule is CCCCCCCCCCC[CH2][Sn]([CH2]CCCCCCCCCCC)([O]C(=O)C(CS)C1CCCCC1)[O]C(=O)C(CS)C1CCCCC1. The third-order valence-electron chi connectivity index (χ3n) is 11.8. The van der Waals surface area contributed by atoms with Gasteiger partial charge in [0.25, 0.3) is 0 Å². The zero-order valence-electron chi connectivity index (χ0n) is 32.4. The maximum absolute atomic E-state index is 14.2. The van der Waals surface area contributed by atoms with E-state index in [1.807, 2.05) is 0 Å². The summed E-state index contributed by atoms with van der Waals surface area (Å²) in [6.45, 7) is 4.55. The van der Waals surface area contributed by atoms with Gasteiger partial charge < -0.3 is 0 Å². The molecule has 0 spiro atoms. The molecule has 0 aromatic carbocycles. The van der Waals surface area contributed by atoms with E-state index in [4.69, 9.17) is 31.4 Å². The molecule has 0 heterocycles. The molecule has 2 aliphatic rings. The third kappa shape index (κ3) is 19.9. The zero-order chi connectivity index (χ0) is 35.4. The van der Waals surface area contributed by atoms with E-state index in [0.29, 0.717) is 23.3 Å². The van der Waals surface area contributed by atoms with Gasteiger partial charge in [0.15, 0.2) is 0 Å². The van der Waals surface area contributed by atoms with Crippen LogP contribution in [0.4, 0.5) is 0 Å². The van der Waals surface area contributed by atoms with Gasteiger partial charge in [0.2, 0.25) is 0 Å². The predicted octanol–water partition coefficient (Wildman–Crippen LogP) is 13.6. The first-order valence-electron chi connectivity index (χ1n) is 21.7. The van der Waals surface area contributed by atoms with Crippen molar-refractivity contribution in [3.05, 3.63) is 0 Å². The standard InChI is InChI=1S/2C12H25.2C9H16O2S.Sn/c2*1-3-5-7-9-11-12-10-8-6-4-2;2*10-9(11)8(6-12)7-4-2-1-3-5-7;/h2*1,3-12H2,2H3;2*7-8,12H,1-6H2,(H,10,11);/q;;;;+2/p-2. The van der Waals surface area contributed by atoms with Crippen molar-refractivity contribution in [2.45, 2.75) is 215 Å². The molecule has 0 aromatic heterocycles. The minimum atomic E-state index is -4.17. The second-order valence-corrected chi connectivity index (χ2v) is 25.9. The summed E-state index contributed by atoms with van der Waals surface area (Å²) in [5.41, 5.74) is 0. The van der Waals surface area contributed by atoms with Crippen molar-refractivity contribution in [1.82, 2.24) is 0 Å². The molecule has 2 unspecified atom stereocenters. The Morgan fingerprint density at radius 3 is 1.06 bits per heavy atom. The van der Waals surface area contributed by atoms with E-state index in [0.717, 1.165) is 60.2 Å². The number of thiol groups is 2. The van der Waals surface area contributed by atoms with E-state index >= 15 is 0 Å². The van der Waals surface area contributed by atoms with Crippen LogP contribution in [0.15, 0.2) is 0 Å². The van der Waals surface area contributed by atoms with E-state index < -0.39 is 19.2 Å². The van der Waals surface area contributed by atoms with Gasteiger partial charge in [-0.05, 0) is 0 Å². The third-order valence-corrected chi connectivity index (χ3v) is 22.3. The van der Waals surface area contributed by atoms with Crippen LogP contribution in [0.1, 0.15) is 206 Å². The Labute approximate surface area is 320 Å². The number of carbonyl (C=O) groups excluding carboxylic acids is 2. The Morgan fingerprint density at radius 1 is 0.490 bits per heavy atom. The van der Waals surface area contributed by atoms with Crippen LogP contribution in [0.5, 0.6) is 0 Å². The summed E-state index contributed by atoms with van der Waals surface area (Å²) in [6.07, 6.45) is 37.0. The van der Waals surface area contributed by atoms with Crippen LogP contribution in [0, 0.1) is 23.7 Å². The number of hydrogen-bond donors (Lipinski definition) is 2. The molecule has 288 valence electrons. The summed E-state index contributed by atoms with van der Waals surface area (Å²) < 4.78 is 15.3. The van der Waals surface area contributed by atoms with Crippen LogP contribution in [-0.2, 0) is 15.7 Å². The van der Waals surface area contributed by atoms with Crippen molar-refractivity contribution in [1.29, 1.82) is 0 Å². The molecule has 0 aliphatic heterocycles. The fraction of sp³-hybridized carbons (Fsp3) is 0.952. The number of rotatable bonds is 30. The molecule has 0 saturated heterocycles. The Balaban J connectivity index is 2.13. The molecule has 2 atom stereocenters. The van der Waals surface area contributed by atoms with Crippen LogP contribution < -0.4 is 0 Å². The van der Waals surface area contributed by atoms with Gasteiger partial charge >= 0.3 is 323 Å². The van der Waals surface area contributed by atoms with E-state index in [9.17, 15) is 9.59 Å². The predicted molar refractivity (Wildman–Crippen MR) is 219 cm³/mol. The summed E-state index contributed by atoms with van der Waals surface area (Å²) in [4.78, 5) is 28.3. The second kappa shape index (κ2) is 29.8. The van der Waals surface area contributed by atoms with Gasteiger partial charge in [-0.1, -0.05) is 0 Å². The van der Waals surface area contributed by atoms with E-state index in [2.05, 4.69) is 13.8 Å². The van der Waals surface area contributed by atoms with Crippen LogP contribution in [0.2, 0.25) is 8.87 Å². The van der Waals surface area contributed by atoms with Crippen LogP contribution in [0.25, 0.3) is 0 Å².